The summed E-state index contributed by atoms with van der Waals surface area (Å²) in [5.41, 5.74) is 17.6. The zero-order valence-electron chi connectivity index (χ0n) is 22.6. The quantitative estimate of drug-likeness (QED) is 0.263. The maximum Gasteiger partial charge on any atom is 0.407 e. The number of carbonyl (C=O) groups is 2. The van der Waals surface area contributed by atoms with Gasteiger partial charge in [-0.3, -0.25) is 0 Å². The molecule has 6 N–H and O–H groups in total. The van der Waals surface area contributed by atoms with Crippen molar-refractivity contribution >= 4 is 18.3 Å². The van der Waals surface area contributed by atoms with Gasteiger partial charge in [0.1, 0.15) is 13.2 Å². The first-order chi connectivity index (χ1) is 18.4. The molecular formula is C30H42N4O4. The van der Waals surface area contributed by atoms with Crippen molar-refractivity contribution in [3.05, 3.63) is 89.0 Å². The van der Waals surface area contributed by atoms with Crippen LogP contribution in [0.5, 0.6) is 0 Å². The molecule has 0 saturated heterocycles. The standard InChI is InChI=1S/C30H42N4O4/c1-4-14-37-29(35)33-21-25(19-32)17-28-12-7-11-26(23(28)3)13-8-15-38-30(36)34-20-24(18-31)16-27-10-6-5-9-22(27)2/h4-13,24-25H,1,14-21,31-32H2,2-3H3,(H,33,35)(H,34,36)/b13-8+/t24-,25+/m1/s1. The summed E-state index contributed by atoms with van der Waals surface area (Å²) in [5.74, 6) is 0.203. The Morgan fingerprint density at radius 2 is 1.45 bits per heavy atom. The van der Waals surface area contributed by atoms with E-state index in [1.165, 1.54) is 17.2 Å². The highest BCUT2D eigenvalue weighted by molar-refractivity contribution is 5.67. The van der Waals surface area contributed by atoms with Gasteiger partial charge in [0.05, 0.1) is 0 Å². The van der Waals surface area contributed by atoms with Gasteiger partial charge in [-0.15, -0.1) is 0 Å². The molecule has 0 aliphatic heterocycles. The van der Waals surface area contributed by atoms with Crippen LogP contribution in [0.4, 0.5) is 9.59 Å². The molecule has 0 unspecified atom stereocenters. The van der Waals surface area contributed by atoms with E-state index < -0.39 is 12.2 Å². The largest absolute Gasteiger partial charge is 0.445 e. The normalized spacial score (nSPS) is 12.5. The van der Waals surface area contributed by atoms with Crippen molar-refractivity contribution in [1.82, 2.24) is 10.6 Å². The Hall–Kier alpha value is -3.62. The highest BCUT2D eigenvalue weighted by atomic mass is 16.6. The molecule has 0 spiro atoms. The molecule has 2 amide bonds. The number of nitrogens with two attached hydrogens (primary N) is 2. The molecular weight excluding hydrogens is 480 g/mol. The van der Waals surface area contributed by atoms with Gasteiger partial charge in [-0.25, -0.2) is 9.59 Å². The van der Waals surface area contributed by atoms with Crippen molar-refractivity contribution < 1.29 is 19.1 Å². The van der Waals surface area contributed by atoms with E-state index in [4.69, 9.17) is 20.9 Å². The number of nitrogens with one attached hydrogen (secondary N) is 2. The van der Waals surface area contributed by atoms with Crippen LogP contribution in [0.3, 0.4) is 0 Å². The van der Waals surface area contributed by atoms with Crippen LogP contribution in [-0.2, 0) is 22.3 Å². The van der Waals surface area contributed by atoms with E-state index in [2.05, 4.69) is 42.3 Å². The lowest BCUT2D eigenvalue weighted by atomic mass is 9.93. The van der Waals surface area contributed by atoms with E-state index in [0.717, 1.165) is 29.5 Å². The fraction of sp³-hybridized carbons (Fsp3) is 0.400. The molecule has 8 nitrogen and oxygen atoms in total. The molecule has 0 bridgehead atoms. The molecule has 0 radical (unpaired) electrons. The zero-order chi connectivity index (χ0) is 27.8. The number of benzene rings is 2. The van der Waals surface area contributed by atoms with Crippen molar-refractivity contribution in [3.8, 4) is 0 Å². The lowest BCUT2D eigenvalue weighted by Gasteiger charge is -2.18. The summed E-state index contributed by atoms with van der Waals surface area (Å²) in [6.07, 6.45) is 5.85. The Kier molecular flexibility index (Phi) is 13.7. The molecule has 206 valence electrons. The van der Waals surface area contributed by atoms with Gasteiger partial charge in [-0.1, -0.05) is 61.2 Å². The third-order valence-electron chi connectivity index (χ3n) is 6.44. The summed E-state index contributed by atoms with van der Waals surface area (Å²) in [5, 5.41) is 5.57. The average Bonchev–Trinajstić information content (AvgIpc) is 2.92. The monoisotopic (exact) mass is 522 g/mol. The minimum absolute atomic E-state index is 0.0689. The zero-order valence-corrected chi connectivity index (χ0v) is 22.6. The smallest absolute Gasteiger partial charge is 0.407 e. The first-order valence-corrected chi connectivity index (χ1v) is 13.0. The number of hydrogen-bond acceptors (Lipinski definition) is 6. The van der Waals surface area contributed by atoms with Crippen LogP contribution in [0, 0.1) is 25.7 Å². The van der Waals surface area contributed by atoms with Gasteiger partial charge < -0.3 is 31.6 Å². The topological polar surface area (TPSA) is 129 Å². The van der Waals surface area contributed by atoms with Crippen molar-refractivity contribution in [2.45, 2.75) is 26.7 Å². The summed E-state index contributed by atoms with van der Waals surface area (Å²) in [4.78, 5) is 23.9. The molecule has 2 rings (SSSR count). The van der Waals surface area contributed by atoms with Gasteiger partial charge in [0.15, 0.2) is 0 Å². The number of amides is 2. The highest BCUT2D eigenvalue weighted by Crippen LogP contribution is 2.19. The van der Waals surface area contributed by atoms with E-state index in [9.17, 15) is 9.59 Å². The number of ether oxygens (including phenoxy) is 2. The van der Waals surface area contributed by atoms with Crippen molar-refractivity contribution in [2.24, 2.45) is 23.3 Å². The maximum atomic E-state index is 12.2. The number of rotatable bonds is 15. The van der Waals surface area contributed by atoms with Crippen LogP contribution in [0.25, 0.3) is 6.08 Å². The molecule has 0 aromatic heterocycles. The Morgan fingerprint density at radius 3 is 2.05 bits per heavy atom. The first-order valence-electron chi connectivity index (χ1n) is 13.0. The fourth-order valence-corrected chi connectivity index (χ4v) is 4.03. The molecule has 0 saturated carbocycles. The van der Waals surface area contributed by atoms with Crippen LogP contribution in [0.2, 0.25) is 0 Å². The Balaban J connectivity index is 1.81. The summed E-state index contributed by atoms with van der Waals surface area (Å²) in [6, 6.07) is 14.2. The highest BCUT2D eigenvalue weighted by Gasteiger charge is 2.13. The van der Waals surface area contributed by atoms with E-state index in [1.54, 1.807) is 0 Å². The van der Waals surface area contributed by atoms with Gasteiger partial charge >= 0.3 is 12.2 Å². The van der Waals surface area contributed by atoms with Crippen molar-refractivity contribution in [2.75, 3.05) is 39.4 Å². The second kappa shape index (κ2) is 17.0. The minimum atomic E-state index is -0.481. The molecule has 0 aliphatic rings. The molecule has 2 atom stereocenters. The number of alkyl carbamates (subject to hydrolysis) is 2. The van der Waals surface area contributed by atoms with Gasteiger partial charge in [-0.2, -0.15) is 0 Å². The summed E-state index contributed by atoms with van der Waals surface area (Å²) >= 11 is 0. The minimum Gasteiger partial charge on any atom is -0.445 e. The van der Waals surface area contributed by atoms with E-state index in [-0.39, 0.29) is 25.0 Å². The van der Waals surface area contributed by atoms with Gasteiger partial charge in [0, 0.05) is 13.1 Å². The molecule has 2 aromatic rings. The predicted molar refractivity (Wildman–Crippen MR) is 153 cm³/mol. The summed E-state index contributed by atoms with van der Waals surface area (Å²) < 4.78 is 10.3. The third kappa shape index (κ3) is 10.8. The molecule has 0 heterocycles. The van der Waals surface area contributed by atoms with Gasteiger partial charge in [-0.05, 0) is 85.5 Å². The second-order valence-electron chi connectivity index (χ2n) is 9.32. The Bertz CT molecular complexity index is 1070. The number of aryl methyl sites for hydroxylation is 1. The summed E-state index contributed by atoms with van der Waals surface area (Å²) in [7, 11) is 0. The predicted octanol–water partition coefficient (Wildman–Crippen LogP) is 3.89. The third-order valence-corrected chi connectivity index (χ3v) is 6.44. The maximum absolute atomic E-state index is 12.2. The van der Waals surface area contributed by atoms with Gasteiger partial charge in [0.2, 0.25) is 0 Å². The van der Waals surface area contributed by atoms with Crippen LogP contribution in [-0.4, -0.2) is 51.6 Å². The van der Waals surface area contributed by atoms with E-state index in [1.807, 2.05) is 43.3 Å². The molecule has 0 fully saturated rings. The van der Waals surface area contributed by atoms with E-state index >= 15 is 0 Å². The van der Waals surface area contributed by atoms with Crippen LogP contribution < -0.4 is 22.1 Å². The SMILES string of the molecule is C=CCOC(=O)NC[C@H](CN)Cc1cccc(/C=C/COC(=O)NC[C@@H](CN)Cc2ccccc2C)c1C. The lowest BCUT2D eigenvalue weighted by molar-refractivity contribution is 0.155. The molecule has 8 heteroatoms. The molecule has 38 heavy (non-hydrogen) atoms. The fourth-order valence-electron chi connectivity index (χ4n) is 4.03. The van der Waals surface area contributed by atoms with Crippen LogP contribution in [0.15, 0.2) is 61.2 Å². The molecule has 2 aromatic carbocycles. The second-order valence-corrected chi connectivity index (χ2v) is 9.32. The van der Waals surface area contributed by atoms with Gasteiger partial charge in [0.25, 0.3) is 0 Å². The molecule has 0 aliphatic carbocycles. The van der Waals surface area contributed by atoms with Crippen LogP contribution in [0.1, 0.15) is 27.8 Å². The Morgan fingerprint density at radius 1 is 0.868 bits per heavy atom. The lowest BCUT2D eigenvalue weighted by Crippen LogP contribution is -2.34. The van der Waals surface area contributed by atoms with E-state index in [0.29, 0.717) is 26.2 Å². The van der Waals surface area contributed by atoms with Crippen molar-refractivity contribution in [3.63, 3.8) is 0 Å². The number of hydrogen-bond donors (Lipinski definition) is 4. The average molecular weight is 523 g/mol. The van der Waals surface area contributed by atoms with Crippen molar-refractivity contribution in [1.29, 1.82) is 0 Å². The van der Waals surface area contributed by atoms with Crippen LogP contribution >= 0.6 is 0 Å². The number of carbonyl (C=O) groups excluding carboxylic acids is 2. The summed E-state index contributed by atoms with van der Waals surface area (Å²) in [6.45, 7) is 9.75. The first kappa shape index (κ1) is 30.6. The Labute approximate surface area is 226 Å².